The molecule has 0 amide bonds. The molecule has 6 heteroatoms. The number of ether oxygens (including phenoxy) is 1. The minimum absolute atomic E-state index is 0.00956. The third kappa shape index (κ3) is 4.75. The zero-order chi connectivity index (χ0) is 18.4. The highest BCUT2D eigenvalue weighted by Crippen LogP contribution is 2.31. The van der Waals surface area contributed by atoms with E-state index in [9.17, 15) is 4.39 Å². The standard InChI is InChI=1S/C19H19FN2O2S/c1-12-9-15(18(20)17(10-12)24-8-7-23)16(19(21)25)11-13-3-5-14(22-2)6-4-13/h3-6,9-10,16,23H,7-8,11H2,1H3,(H2,21,25). The van der Waals surface area contributed by atoms with Gasteiger partial charge in [0.2, 0.25) is 0 Å². The van der Waals surface area contributed by atoms with Crippen molar-refractivity contribution in [2.45, 2.75) is 19.3 Å². The smallest absolute Gasteiger partial charge is 0.187 e. The Morgan fingerprint density at radius 3 is 2.60 bits per heavy atom. The first-order valence-electron chi connectivity index (χ1n) is 7.75. The molecule has 0 aliphatic rings. The number of halogens is 1. The van der Waals surface area contributed by atoms with Crippen molar-refractivity contribution in [3.8, 4) is 5.75 Å². The Balaban J connectivity index is 2.37. The zero-order valence-corrected chi connectivity index (χ0v) is 14.6. The summed E-state index contributed by atoms with van der Waals surface area (Å²) in [5, 5.41) is 8.88. The maximum atomic E-state index is 14.8. The van der Waals surface area contributed by atoms with Gasteiger partial charge in [-0.25, -0.2) is 9.24 Å². The van der Waals surface area contributed by atoms with Crippen LogP contribution in [0.15, 0.2) is 36.4 Å². The fourth-order valence-corrected chi connectivity index (χ4v) is 2.79. The lowest BCUT2D eigenvalue weighted by molar-refractivity contribution is 0.196. The van der Waals surface area contributed by atoms with Gasteiger partial charge < -0.3 is 15.6 Å². The Morgan fingerprint density at radius 2 is 2.04 bits per heavy atom. The Bertz CT molecular complexity index is 800. The molecule has 0 aliphatic carbocycles. The number of benzene rings is 2. The van der Waals surface area contributed by atoms with Crippen LogP contribution >= 0.6 is 12.2 Å². The van der Waals surface area contributed by atoms with Crippen LogP contribution in [0.1, 0.15) is 22.6 Å². The van der Waals surface area contributed by atoms with Crippen LogP contribution < -0.4 is 10.5 Å². The summed E-state index contributed by atoms with van der Waals surface area (Å²) in [4.78, 5) is 3.54. The first kappa shape index (κ1) is 18.8. The molecule has 1 unspecified atom stereocenters. The van der Waals surface area contributed by atoms with Crippen molar-refractivity contribution < 1.29 is 14.2 Å². The normalized spacial score (nSPS) is 11.6. The fourth-order valence-electron chi connectivity index (χ4n) is 2.58. The van der Waals surface area contributed by atoms with Gasteiger partial charge in [0.1, 0.15) is 6.61 Å². The van der Waals surface area contributed by atoms with Gasteiger partial charge in [-0.1, -0.05) is 42.5 Å². The van der Waals surface area contributed by atoms with E-state index in [2.05, 4.69) is 4.85 Å². The van der Waals surface area contributed by atoms with Gasteiger partial charge in [-0.3, -0.25) is 0 Å². The molecular formula is C19H19FN2O2S. The van der Waals surface area contributed by atoms with Gasteiger partial charge in [0, 0.05) is 11.5 Å². The number of aryl methyl sites for hydroxylation is 1. The quantitative estimate of drug-likeness (QED) is 0.586. The number of hydrogen-bond acceptors (Lipinski definition) is 3. The third-order valence-corrected chi connectivity index (χ3v) is 4.07. The highest BCUT2D eigenvalue weighted by atomic mass is 32.1. The number of hydrogen-bond donors (Lipinski definition) is 2. The van der Waals surface area contributed by atoms with Gasteiger partial charge >= 0.3 is 0 Å². The maximum absolute atomic E-state index is 14.8. The molecule has 0 saturated heterocycles. The molecule has 0 bridgehead atoms. The lowest BCUT2D eigenvalue weighted by Gasteiger charge is -2.19. The molecule has 3 N–H and O–H groups in total. The van der Waals surface area contributed by atoms with Crippen molar-refractivity contribution in [2.75, 3.05) is 13.2 Å². The van der Waals surface area contributed by atoms with Gasteiger partial charge in [0.05, 0.1) is 18.2 Å². The molecule has 2 aromatic rings. The minimum atomic E-state index is -0.519. The number of rotatable bonds is 7. The van der Waals surface area contributed by atoms with Crippen LogP contribution in [0.2, 0.25) is 0 Å². The molecule has 0 fully saturated rings. The molecule has 0 aromatic heterocycles. The van der Waals surface area contributed by atoms with Crippen molar-refractivity contribution >= 4 is 22.9 Å². The Hall–Kier alpha value is -2.49. The van der Waals surface area contributed by atoms with Crippen LogP contribution in [0.3, 0.4) is 0 Å². The summed E-state index contributed by atoms with van der Waals surface area (Å²) in [5.41, 5.74) is 8.51. The lowest BCUT2D eigenvalue weighted by Crippen LogP contribution is -2.23. The number of aliphatic hydroxyl groups excluding tert-OH is 1. The molecule has 0 aliphatic heterocycles. The summed E-state index contributed by atoms with van der Waals surface area (Å²) in [6.07, 6.45) is 0.424. The highest BCUT2D eigenvalue weighted by Gasteiger charge is 2.22. The number of thiocarbonyl (C=S) groups is 1. The molecular weight excluding hydrogens is 339 g/mol. The Labute approximate surface area is 151 Å². The van der Waals surface area contributed by atoms with Gasteiger partial charge in [0.25, 0.3) is 0 Å². The van der Waals surface area contributed by atoms with E-state index in [1.165, 1.54) is 0 Å². The summed E-state index contributed by atoms with van der Waals surface area (Å²) in [6, 6.07) is 10.3. The summed E-state index contributed by atoms with van der Waals surface area (Å²) < 4.78 is 20.1. The van der Waals surface area contributed by atoms with Gasteiger partial charge in [-0.15, -0.1) is 0 Å². The predicted molar refractivity (Wildman–Crippen MR) is 99.7 cm³/mol. The van der Waals surface area contributed by atoms with Gasteiger partial charge in [0.15, 0.2) is 17.3 Å². The molecule has 1 atom stereocenters. The average molecular weight is 358 g/mol. The van der Waals surface area contributed by atoms with Crippen molar-refractivity contribution in [1.29, 1.82) is 0 Å². The van der Waals surface area contributed by atoms with E-state index in [1.54, 1.807) is 24.3 Å². The zero-order valence-electron chi connectivity index (χ0n) is 13.8. The second-order valence-electron chi connectivity index (χ2n) is 5.68. The first-order chi connectivity index (χ1) is 12.0. The van der Waals surface area contributed by atoms with E-state index in [-0.39, 0.29) is 24.0 Å². The highest BCUT2D eigenvalue weighted by molar-refractivity contribution is 7.80. The summed E-state index contributed by atoms with van der Waals surface area (Å²) in [6.45, 7) is 8.63. The van der Waals surface area contributed by atoms with Crippen LogP contribution in [-0.2, 0) is 6.42 Å². The monoisotopic (exact) mass is 358 g/mol. The van der Waals surface area contributed by atoms with Crippen LogP contribution in [0.4, 0.5) is 10.1 Å². The van der Waals surface area contributed by atoms with Crippen LogP contribution in [0, 0.1) is 19.3 Å². The molecule has 0 saturated carbocycles. The van der Waals surface area contributed by atoms with E-state index in [0.717, 1.165) is 11.1 Å². The largest absolute Gasteiger partial charge is 0.488 e. The molecule has 25 heavy (non-hydrogen) atoms. The summed E-state index contributed by atoms with van der Waals surface area (Å²) in [7, 11) is 0. The average Bonchev–Trinajstić information content (AvgIpc) is 2.60. The van der Waals surface area contributed by atoms with Crippen molar-refractivity contribution in [3.05, 3.63) is 70.3 Å². The van der Waals surface area contributed by atoms with Crippen LogP contribution in [0.5, 0.6) is 5.75 Å². The van der Waals surface area contributed by atoms with Gasteiger partial charge in [-0.2, -0.15) is 0 Å². The summed E-state index contributed by atoms with van der Waals surface area (Å²) >= 11 is 5.16. The predicted octanol–water partition coefficient (Wildman–Crippen LogP) is 3.67. The molecule has 130 valence electrons. The van der Waals surface area contributed by atoms with Crippen LogP contribution in [0.25, 0.3) is 4.85 Å². The molecule has 4 nitrogen and oxygen atoms in total. The molecule has 0 spiro atoms. The van der Waals surface area contributed by atoms with E-state index in [4.69, 9.17) is 34.4 Å². The Morgan fingerprint density at radius 1 is 1.36 bits per heavy atom. The SMILES string of the molecule is [C-]#[N+]c1ccc(CC(C(N)=S)c2cc(C)cc(OCCO)c2F)cc1. The lowest BCUT2D eigenvalue weighted by atomic mass is 9.90. The number of aliphatic hydroxyl groups is 1. The number of nitrogens with two attached hydrogens (primary N) is 1. The van der Waals surface area contributed by atoms with Crippen molar-refractivity contribution in [2.24, 2.45) is 5.73 Å². The summed E-state index contributed by atoms with van der Waals surface area (Å²) in [5.74, 6) is -0.937. The van der Waals surface area contributed by atoms with Crippen LogP contribution in [-0.4, -0.2) is 23.3 Å². The molecule has 0 radical (unpaired) electrons. The van der Waals surface area contributed by atoms with Gasteiger partial charge in [-0.05, 0) is 30.5 Å². The molecule has 2 aromatic carbocycles. The topological polar surface area (TPSA) is 59.8 Å². The van der Waals surface area contributed by atoms with E-state index < -0.39 is 11.7 Å². The fraction of sp³-hybridized carbons (Fsp3) is 0.263. The number of nitrogens with zero attached hydrogens (tertiary/aromatic N) is 1. The van der Waals surface area contributed by atoms with E-state index in [0.29, 0.717) is 17.7 Å². The third-order valence-electron chi connectivity index (χ3n) is 3.78. The second-order valence-corrected chi connectivity index (χ2v) is 6.15. The maximum Gasteiger partial charge on any atom is 0.187 e. The molecule has 2 rings (SSSR count). The Kier molecular flexibility index (Phi) is 6.45. The van der Waals surface area contributed by atoms with Crippen molar-refractivity contribution in [1.82, 2.24) is 0 Å². The van der Waals surface area contributed by atoms with E-state index >= 15 is 0 Å². The first-order valence-corrected chi connectivity index (χ1v) is 8.16. The minimum Gasteiger partial charge on any atom is -0.488 e. The molecule has 0 heterocycles. The van der Waals surface area contributed by atoms with E-state index in [1.807, 2.05) is 19.1 Å². The second kappa shape index (κ2) is 8.56. The van der Waals surface area contributed by atoms with Crippen molar-refractivity contribution in [3.63, 3.8) is 0 Å².